The summed E-state index contributed by atoms with van der Waals surface area (Å²) in [6.07, 6.45) is 5.26. The van der Waals surface area contributed by atoms with Crippen LogP contribution in [0.15, 0.2) is 42.9 Å². The van der Waals surface area contributed by atoms with E-state index in [2.05, 4.69) is 15.4 Å². The number of hydrogen-bond donors (Lipinski definition) is 1. The van der Waals surface area contributed by atoms with Gasteiger partial charge in [-0.1, -0.05) is 11.6 Å². The van der Waals surface area contributed by atoms with Gasteiger partial charge >= 0.3 is 0 Å². The maximum absolute atomic E-state index is 12.0. The highest BCUT2D eigenvalue weighted by atomic mass is 35.5. The Morgan fingerprint density at radius 3 is 2.91 bits per heavy atom. The average molecular weight is 333 g/mol. The topological polar surface area (TPSA) is 59.8 Å². The number of halogens is 1. The summed E-state index contributed by atoms with van der Waals surface area (Å²) in [6.45, 7) is 0.410. The normalized spacial score (nSPS) is 10.6. The lowest BCUT2D eigenvalue weighted by Crippen LogP contribution is -2.21. The summed E-state index contributed by atoms with van der Waals surface area (Å²) in [5.41, 5.74) is 2.87. The standard InChI is InChI=1S/C15H13ClN4OS/c1-20-12(4-5-19-20)11-6-10(7-17-9-11)8-18-15(21)13-2-3-14(16)22-13/h2-7,9H,8H2,1H3,(H,18,21). The Morgan fingerprint density at radius 2 is 2.23 bits per heavy atom. The van der Waals surface area contributed by atoms with Crippen LogP contribution in [0.4, 0.5) is 0 Å². The molecular weight excluding hydrogens is 320 g/mol. The van der Waals surface area contributed by atoms with Crippen LogP contribution in [-0.4, -0.2) is 20.7 Å². The van der Waals surface area contributed by atoms with Crippen LogP contribution in [-0.2, 0) is 13.6 Å². The van der Waals surface area contributed by atoms with Gasteiger partial charge in [-0.25, -0.2) is 0 Å². The minimum absolute atomic E-state index is 0.136. The molecule has 1 N–H and O–H groups in total. The number of pyridine rings is 1. The molecule has 1 amide bonds. The third-order valence-electron chi connectivity index (χ3n) is 3.16. The molecule has 0 aliphatic heterocycles. The molecule has 0 aromatic carbocycles. The van der Waals surface area contributed by atoms with Gasteiger partial charge in [0.15, 0.2) is 0 Å². The minimum atomic E-state index is -0.136. The van der Waals surface area contributed by atoms with Crippen molar-refractivity contribution in [2.75, 3.05) is 0 Å². The molecule has 0 aliphatic rings. The van der Waals surface area contributed by atoms with E-state index in [0.29, 0.717) is 15.8 Å². The SMILES string of the molecule is Cn1nccc1-c1cncc(CNC(=O)c2ccc(Cl)s2)c1. The zero-order chi connectivity index (χ0) is 15.5. The zero-order valence-corrected chi connectivity index (χ0v) is 13.4. The van der Waals surface area contributed by atoms with Gasteiger partial charge in [-0.2, -0.15) is 5.10 Å². The number of rotatable bonds is 4. The Morgan fingerprint density at radius 1 is 1.36 bits per heavy atom. The first kappa shape index (κ1) is 14.7. The number of nitrogens with zero attached hydrogens (tertiary/aromatic N) is 3. The highest BCUT2D eigenvalue weighted by Gasteiger charge is 2.09. The molecule has 7 heteroatoms. The molecule has 0 aliphatic carbocycles. The molecule has 3 aromatic heterocycles. The molecule has 0 atom stereocenters. The molecule has 0 saturated heterocycles. The smallest absolute Gasteiger partial charge is 0.261 e. The summed E-state index contributed by atoms with van der Waals surface area (Å²) in [5.74, 6) is -0.136. The number of amides is 1. The number of thiophene rings is 1. The minimum Gasteiger partial charge on any atom is -0.347 e. The van der Waals surface area contributed by atoms with Crippen molar-refractivity contribution in [3.8, 4) is 11.3 Å². The van der Waals surface area contributed by atoms with E-state index in [1.807, 2.05) is 19.2 Å². The summed E-state index contributed by atoms with van der Waals surface area (Å²) in [7, 11) is 1.88. The van der Waals surface area contributed by atoms with E-state index in [4.69, 9.17) is 11.6 Å². The van der Waals surface area contributed by atoms with E-state index >= 15 is 0 Å². The van der Waals surface area contributed by atoms with E-state index in [0.717, 1.165) is 16.8 Å². The van der Waals surface area contributed by atoms with E-state index in [1.165, 1.54) is 11.3 Å². The molecule has 0 bridgehead atoms. The second-order valence-corrected chi connectivity index (χ2v) is 6.42. The summed E-state index contributed by atoms with van der Waals surface area (Å²) < 4.78 is 2.39. The van der Waals surface area contributed by atoms with Crippen LogP contribution in [0.25, 0.3) is 11.3 Å². The molecule has 0 unspecified atom stereocenters. The molecule has 22 heavy (non-hydrogen) atoms. The molecule has 3 rings (SSSR count). The van der Waals surface area contributed by atoms with Crippen molar-refractivity contribution < 1.29 is 4.79 Å². The third kappa shape index (κ3) is 3.18. The van der Waals surface area contributed by atoms with Gasteiger partial charge in [-0.15, -0.1) is 11.3 Å². The van der Waals surface area contributed by atoms with Crippen LogP contribution >= 0.6 is 22.9 Å². The van der Waals surface area contributed by atoms with Gasteiger partial charge < -0.3 is 5.32 Å². The van der Waals surface area contributed by atoms with Crippen LogP contribution in [0, 0.1) is 0 Å². The van der Waals surface area contributed by atoms with Crippen LogP contribution < -0.4 is 5.32 Å². The van der Waals surface area contributed by atoms with Crippen LogP contribution in [0.3, 0.4) is 0 Å². The molecule has 0 radical (unpaired) electrons. The lowest BCUT2D eigenvalue weighted by atomic mass is 10.1. The molecule has 5 nitrogen and oxygen atoms in total. The van der Waals surface area contributed by atoms with Crippen LogP contribution in [0.1, 0.15) is 15.2 Å². The van der Waals surface area contributed by atoms with Gasteiger partial charge in [0.1, 0.15) is 0 Å². The zero-order valence-electron chi connectivity index (χ0n) is 11.8. The molecule has 112 valence electrons. The summed E-state index contributed by atoms with van der Waals surface area (Å²) in [5, 5.41) is 7.01. The van der Waals surface area contributed by atoms with Crippen molar-refractivity contribution in [3.05, 3.63) is 57.6 Å². The van der Waals surface area contributed by atoms with Crippen molar-refractivity contribution in [2.45, 2.75) is 6.54 Å². The Balaban J connectivity index is 1.71. The third-order valence-corrected chi connectivity index (χ3v) is 4.39. The number of aromatic nitrogens is 3. The van der Waals surface area contributed by atoms with Crippen molar-refractivity contribution in [2.24, 2.45) is 7.05 Å². The number of nitrogens with one attached hydrogen (secondary N) is 1. The Hall–Kier alpha value is -2.18. The quantitative estimate of drug-likeness (QED) is 0.798. The van der Waals surface area contributed by atoms with Crippen molar-refractivity contribution >= 4 is 28.8 Å². The molecule has 0 saturated carbocycles. The fraction of sp³-hybridized carbons (Fsp3) is 0.133. The fourth-order valence-corrected chi connectivity index (χ4v) is 3.05. The summed E-state index contributed by atoms with van der Waals surface area (Å²) >= 11 is 7.09. The van der Waals surface area contributed by atoms with Gasteiger partial charge in [0.25, 0.3) is 5.91 Å². The Bertz CT molecular complexity index is 811. The van der Waals surface area contributed by atoms with E-state index in [9.17, 15) is 4.79 Å². The second-order valence-electron chi connectivity index (χ2n) is 4.71. The fourth-order valence-electron chi connectivity index (χ4n) is 2.09. The van der Waals surface area contributed by atoms with Gasteiger partial charge in [-0.05, 0) is 29.8 Å². The predicted octanol–water partition coefficient (Wildman–Crippen LogP) is 3.13. The second kappa shape index (κ2) is 6.29. The highest BCUT2D eigenvalue weighted by Crippen LogP contribution is 2.21. The summed E-state index contributed by atoms with van der Waals surface area (Å²) in [6, 6.07) is 7.34. The Labute approximate surface area is 136 Å². The van der Waals surface area contributed by atoms with Gasteiger partial charge in [0, 0.05) is 37.7 Å². The van der Waals surface area contributed by atoms with E-state index in [-0.39, 0.29) is 5.91 Å². The summed E-state index contributed by atoms with van der Waals surface area (Å²) in [4.78, 5) is 16.8. The molecule has 0 fully saturated rings. The van der Waals surface area contributed by atoms with Crippen LogP contribution in [0.5, 0.6) is 0 Å². The maximum Gasteiger partial charge on any atom is 0.261 e. The lowest BCUT2D eigenvalue weighted by Gasteiger charge is -2.06. The van der Waals surface area contributed by atoms with Crippen molar-refractivity contribution in [1.82, 2.24) is 20.1 Å². The number of hydrogen-bond acceptors (Lipinski definition) is 4. The van der Waals surface area contributed by atoms with E-state index < -0.39 is 0 Å². The van der Waals surface area contributed by atoms with Gasteiger partial charge in [0.2, 0.25) is 0 Å². The monoisotopic (exact) mass is 332 g/mol. The molecule has 3 heterocycles. The predicted molar refractivity (Wildman–Crippen MR) is 86.9 cm³/mol. The highest BCUT2D eigenvalue weighted by molar-refractivity contribution is 7.17. The Kier molecular flexibility index (Phi) is 4.22. The maximum atomic E-state index is 12.0. The largest absolute Gasteiger partial charge is 0.347 e. The van der Waals surface area contributed by atoms with E-state index in [1.54, 1.807) is 35.4 Å². The number of carbonyl (C=O) groups excluding carboxylic acids is 1. The first-order chi connectivity index (χ1) is 10.6. The molecule has 3 aromatic rings. The lowest BCUT2D eigenvalue weighted by molar-refractivity contribution is 0.0955. The van der Waals surface area contributed by atoms with Gasteiger partial charge in [0.05, 0.1) is 14.9 Å². The van der Waals surface area contributed by atoms with Crippen molar-refractivity contribution in [3.63, 3.8) is 0 Å². The van der Waals surface area contributed by atoms with Gasteiger partial charge in [-0.3, -0.25) is 14.5 Å². The average Bonchev–Trinajstić information content (AvgIpc) is 3.13. The molecular formula is C15H13ClN4OS. The molecule has 0 spiro atoms. The number of carbonyl (C=O) groups is 1. The first-order valence-electron chi connectivity index (χ1n) is 6.59. The van der Waals surface area contributed by atoms with Crippen LogP contribution in [0.2, 0.25) is 4.34 Å². The van der Waals surface area contributed by atoms with Crippen molar-refractivity contribution in [1.29, 1.82) is 0 Å². The number of aryl methyl sites for hydroxylation is 1. The first-order valence-corrected chi connectivity index (χ1v) is 7.79.